The third kappa shape index (κ3) is 5.20. The molecule has 122 valence electrons. The largest absolute Gasteiger partial charge is 0.321 e. The van der Waals surface area contributed by atoms with Crippen LogP contribution < -0.4 is 9.88 Å². The topological polar surface area (TPSA) is 33.0 Å². The number of nitrogens with zero attached hydrogens (tertiary/aromatic N) is 1. The van der Waals surface area contributed by atoms with Crippen LogP contribution in [0.25, 0.3) is 0 Å². The molecule has 0 bridgehead atoms. The maximum absolute atomic E-state index is 12.3. The molecule has 0 saturated heterocycles. The fourth-order valence-electron chi connectivity index (χ4n) is 2.54. The van der Waals surface area contributed by atoms with Crippen LogP contribution in [-0.4, -0.2) is 5.91 Å². The number of unbranched alkanes of at least 4 members (excludes halogenated alkanes) is 1. The van der Waals surface area contributed by atoms with E-state index in [1.807, 2.05) is 23.6 Å². The van der Waals surface area contributed by atoms with Gasteiger partial charge in [0.05, 0.1) is 0 Å². The third-order valence-corrected chi connectivity index (χ3v) is 4.09. The first-order valence-corrected chi connectivity index (χ1v) is 8.50. The van der Waals surface area contributed by atoms with Crippen molar-refractivity contribution in [1.29, 1.82) is 0 Å². The molecule has 2 aromatic rings. The maximum atomic E-state index is 12.3. The molecule has 0 fully saturated rings. The molecule has 0 radical (unpaired) electrons. The molecular weight excluding hydrogens is 284 g/mol. The number of aromatic nitrogens is 1. The van der Waals surface area contributed by atoms with Gasteiger partial charge in [-0.1, -0.05) is 32.4 Å². The first-order chi connectivity index (χ1) is 11.1. The van der Waals surface area contributed by atoms with Crippen molar-refractivity contribution in [2.75, 3.05) is 5.32 Å². The average molecular weight is 311 g/mol. The summed E-state index contributed by atoms with van der Waals surface area (Å²) in [7, 11) is 0. The van der Waals surface area contributed by atoms with E-state index in [9.17, 15) is 4.79 Å². The number of rotatable bonds is 7. The van der Waals surface area contributed by atoms with Crippen LogP contribution in [0.4, 0.5) is 5.69 Å². The number of hydrogen-bond donors (Lipinski definition) is 1. The third-order valence-electron chi connectivity index (χ3n) is 4.09. The quantitative estimate of drug-likeness (QED) is 0.775. The van der Waals surface area contributed by atoms with Crippen molar-refractivity contribution >= 4 is 11.6 Å². The highest BCUT2D eigenvalue weighted by molar-refractivity contribution is 5.89. The zero-order chi connectivity index (χ0) is 16.7. The summed E-state index contributed by atoms with van der Waals surface area (Å²) in [6.45, 7) is 6.68. The maximum Gasteiger partial charge on any atom is 0.290 e. The molecule has 0 unspecified atom stereocenters. The van der Waals surface area contributed by atoms with Gasteiger partial charge in [-0.05, 0) is 43.0 Å². The Kier molecular flexibility index (Phi) is 6.33. The average Bonchev–Trinajstić information content (AvgIpc) is 2.56. The van der Waals surface area contributed by atoms with Crippen molar-refractivity contribution in [3.63, 3.8) is 0 Å². The van der Waals surface area contributed by atoms with E-state index in [1.165, 1.54) is 24.0 Å². The summed E-state index contributed by atoms with van der Waals surface area (Å²) in [5.74, 6) is 0.00709. The van der Waals surface area contributed by atoms with Gasteiger partial charge in [-0.15, -0.1) is 0 Å². The molecular formula is C20H27N2O+. The second kappa shape index (κ2) is 8.47. The number of aryl methyl sites for hydroxylation is 3. The van der Waals surface area contributed by atoms with Crippen molar-refractivity contribution < 1.29 is 9.36 Å². The van der Waals surface area contributed by atoms with E-state index in [-0.39, 0.29) is 5.91 Å². The number of carbonyl (C=O) groups is 1. The highest BCUT2D eigenvalue weighted by atomic mass is 16.1. The zero-order valence-electron chi connectivity index (χ0n) is 14.4. The Morgan fingerprint density at radius 2 is 1.74 bits per heavy atom. The first-order valence-electron chi connectivity index (χ1n) is 8.50. The van der Waals surface area contributed by atoms with E-state index in [1.54, 1.807) is 0 Å². The van der Waals surface area contributed by atoms with E-state index in [4.69, 9.17) is 0 Å². The first kappa shape index (κ1) is 17.2. The summed E-state index contributed by atoms with van der Waals surface area (Å²) in [5.41, 5.74) is 4.52. The number of amides is 1. The minimum Gasteiger partial charge on any atom is -0.321 e. The summed E-state index contributed by atoms with van der Waals surface area (Å²) in [6, 6.07) is 12.3. The van der Waals surface area contributed by atoms with Crippen LogP contribution in [0.15, 0.2) is 42.6 Å². The standard InChI is InChI=1S/C20H26N2O/c1-4-6-7-18-10-12-19(13-11-18)21-20(23)15-22-14-17(5-2)9-8-16(22)3/h8-14H,4-7,15H2,1-3H3/p+1. The Hall–Kier alpha value is -2.16. The number of carbonyl (C=O) groups excluding carboxylic acids is 1. The predicted molar refractivity (Wildman–Crippen MR) is 94.4 cm³/mol. The zero-order valence-corrected chi connectivity index (χ0v) is 14.4. The highest BCUT2D eigenvalue weighted by Gasteiger charge is 2.13. The van der Waals surface area contributed by atoms with Gasteiger partial charge in [0.25, 0.3) is 5.91 Å². The van der Waals surface area contributed by atoms with E-state index in [0.29, 0.717) is 6.54 Å². The molecule has 0 aliphatic carbocycles. The van der Waals surface area contributed by atoms with Gasteiger partial charge in [-0.2, -0.15) is 4.57 Å². The molecule has 1 N–H and O–H groups in total. The van der Waals surface area contributed by atoms with Crippen LogP contribution in [0.1, 0.15) is 43.5 Å². The van der Waals surface area contributed by atoms with Crippen molar-refractivity contribution in [3.05, 3.63) is 59.4 Å². The Bertz CT molecular complexity index is 647. The molecule has 2 rings (SSSR count). The smallest absolute Gasteiger partial charge is 0.290 e. The molecule has 23 heavy (non-hydrogen) atoms. The van der Waals surface area contributed by atoms with Crippen LogP contribution >= 0.6 is 0 Å². The molecule has 1 aromatic carbocycles. The molecule has 1 aromatic heterocycles. The summed E-state index contributed by atoms with van der Waals surface area (Å²) in [4.78, 5) is 12.3. The van der Waals surface area contributed by atoms with Gasteiger partial charge < -0.3 is 5.32 Å². The van der Waals surface area contributed by atoms with Crippen molar-refractivity contribution in [2.45, 2.75) is 53.0 Å². The van der Waals surface area contributed by atoms with Gasteiger partial charge in [0.2, 0.25) is 6.54 Å². The lowest BCUT2D eigenvalue weighted by Crippen LogP contribution is -2.43. The van der Waals surface area contributed by atoms with Crippen molar-refractivity contribution in [2.24, 2.45) is 0 Å². The Morgan fingerprint density at radius 3 is 2.39 bits per heavy atom. The predicted octanol–water partition coefficient (Wildman–Crippen LogP) is 3.83. The fourth-order valence-corrected chi connectivity index (χ4v) is 2.54. The number of nitrogens with one attached hydrogen (secondary N) is 1. The number of benzene rings is 1. The van der Waals surface area contributed by atoms with E-state index in [0.717, 1.165) is 24.2 Å². The Labute approximate surface area is 139 Å². The summed E-state index contributed by atoms with van der Waals surface area (Å²) in [5, 5.41) is 2.98. The number of hydrogen-bond acceptors (Lipinski definition) is 1. The van der Waals surface area contributed by atoms with Crippen LogP contribution in [0.2, 0.25) is 0 Å². The minimum atomic E-state index is 0.00709. The van der Waals surface area contributed by atoms with Gasteiger partial charge in [-0.3, -0.25) is 4.79 Å². The molecule has 1 amide bonds. The van der Waals surface area contributed by atoms with Gasteiger partial charge in [-0.25, -0.2) is 0 Å². The van der Waals surface area contributed by atoms with Gasteiger partial charge >= 0.3 is 0 Å². The molecule has 1 heterocycles. The highest BCUT2D eigenvalue weighted by Crippen LogP contribution is 2.11. The molecule has 0 atom stereocenters. The number of anilines is 1. The Balaban J connectivity index is 1.96. The van der Waals surface area contributed by atoms with Crippen molar-refractivity contribution in [1.82, 2.24) is 0 Å². The summed E-state index contributed by atoms with van der Waals surface area (Å²) < 4.78 is 2.00. The van der Waals surface area contributed by atoms with Crippen LogP contribution in [-0.2, 0) is 24.2 Å². The van der Waals surface area contributed by atoms with E-state index < -0.39 is 0 Å². The molecule has 0 saturated carbocycles. The lowest BCUT2D eigenvalue weighted by molar-refractivity contribution is -0.690. The number of pyridine rings is 1. The normalized spacial score (nSPS) is 10.6. The second-order valence-electron chi connectivity index (χ2n) is 6.01. The molecule has 0 spiro atoms. The lowest BCUT2D eigenvalue weighted by atomic mass is 10.1. The van der Waals surface area contributed by atoms with E-state index >= 15 is 0 Å². The van der Waals surface area contributed by atoms with Crippen LogP contribution in [0, 0.1) is 6.92 Å². The Morgan fingerprint density at radius 1 is 1.04 bits per heavy atom. The SMILES string of the molecule is CCCCc1ccc(NC(=O)C[n+]2cc(CC)ccc2C)cc1. The summed E-state index contributed by atoms with van der Waals surface area (Å²) in [6.07, 6.45) is 6.54. The van der Waals surface area contributed by atoms with Crippen LogP contribution in [0.3, 0.4) is 0 Å². The molecule has 0 aliphatic heterocycles. The second-order valence-corrected chi connectivity index (χ2v) is 6.01. The van der Waals surface area contributed by atoms with Gasteiger partial charge in [0, 0.05) is 24.2 Å². The molecule has 0 aliphatic rings. The minimum absolute atomic E-state index is 0.00709. The van der Waals surface area contributed by atoms with Gasteiger partial charge in [0.1, 0.15) is 0 Å². The molecule has 3 heteroatoms. The summed E-state index contributed by atoms with van der Waals surface area (Å²) >= 11 is 0. The lowest BCUT2D eigenvalue weighted by Gasteiger charge is -2.06. The monoisotopic (exact) mass is 311 g/mol. The van der Waals surface area contributed by atoms with Gasteiger partial charge in [0.15, 0.2) is 11.9 Å². The van der Waals surface area contributed by atoms with Crippen molar-refractivity contribution in [3.8, 4) is 0 Å². The molecule has 3 nitrogen and oxygen atoms in total. The fraction of sp³-hybridized carbons (Fsp3) is 0.400. The van der Waals surface area contributed by atoms with Crippen LogP contribution in [0.5, 0.6) is 0 Å². The van der Waals surface area contributed by atoms with E-state index in [2.05, 4.69) is 49.6 Å².